The van der Waals surface area contributed by atoms with E-state index in [4.69, 9.17) is 4.42 Å². The lowest BCUT2D eigenvalue weighted by atomic mass is 9.90. The number of nitrogens with zero attached hydrogens (tertiary/aromatic N) is 1. The molecule has 0 aliphatic rings. The van der Waals surface area contributed by atoms with Crippen molar-refractivity contribution in [2.24, 2.45) is 5.41 Å². The largest absolute Gasteiger partial charge is 0.467 e. The third-order valence-electron chi connectivity index (χ3n) is 3.72. The van der Waals surface area contributed by atoms with Crippen molar-refractivity contribution in [3.05, 3.63) is 24.2 Å². The molecule has 1 rings (SSSR count). The van der Waals surface area contributed by atoms with Crippen LogP contribution in [0, 0.1) is 5.41 Å². The van der Waals surface area contributed by atoms with Gasteiger partial charge in [-0.05, 0) is 30.9 Å². The maximum absolute atomic E-state index is 12.2. The fourth-order valence-electron chi connectivity index (χ4n) is 1.89. The Morgan fingerprint density at radius 2 is 2.09 bits per heavy atom. The van der Waals surface area contributed by atoms with E-state index in [1.165, 1.54) is 6.26 Å². The van der Waals surface area contributed by atoms with Gasteiger partial charge in [-0.3, -0.25) is 0 Å². The van der Waals surface area contributed by atoms with Crippen LogP contribution in [0.25, 0.3) is 0 Å². The van der Waals surface area contributed by atoms with E-state index in [1.807, 2.05) is 26.8 Å². The molecule has 0 saturated heterocycles. The highest BCUT2D eigenvalue weighted by molar-refractivity contribution is 7.90. The molecule has 0 aliphatic carbocycles. The van der Waals surface area contributed by atoms with Crippen molar-refractivity contribution < 1.29 is 17.6 Å². The van der Waals surface area contributed by atoms with Crippen LogP contribution >= 0.6 is 0 Å². The van der Waals surface area contributed by atoms with Gasteiger partial charge in [-0.25, -0.2) is 13.2 Å². The lowest BCUT2D eigenvalue weighted by Crippen LogP contribution is -2.43. The minimum Gasteiger partial charge on any atom is -0.467 e. The van der Waals surface area contributed by atoms with E-state index in [9.17, 15) is 13.2 Å². The summed E-state index contributed by atoms with van der Waals surface area (Å²) >= 11 is 0. The smallest absolute Gasteiger partial charge is 0.317 e. The Bertz CT molecular complexity index is 579. The zero-order valence-electron chi connectivity index (χ0n) is 13.9. The minimum absolute atomic E-state index is 0.120. The second-order valence-electron chi connectivity index (χ2n) is 6.51. The Morgan fingerprint density at radius 3 is 2.59 bits per heavy atom. The molecule has 22 heavy (non-hydrogen) atoms. The van der Waals surface area contributed by atoms with Gasteiger partial charge >= 0.3 is 6.03 Å². The van der Waals surface area contributed by atoms with Crippen molar-refractivity contribution in [3.63, 3.8) is 0 Å². The predicted molar refractivity (Wildman–Crippen MR) is 86.4 cm³/mol. The number of rotatable bonds is 7. The second kappa shape index (κ2) is 7.17. The molecule has 7 heteroatoms. The Hall–Kier alpha value is -1.50. The van der Waals surface area contributed by atoms with Gasteiger partial charge in [-0.15, -0.1) is 0 Å². The molecular weight excluding hydrogens is 304 g/mol. The van der Waals surface area contributed by atoms with E-state index in [0.717, 1.165) is 0 Å². The first kappa shape index (κ1) is 18.5. The molecule has 1 aromatic rings. The van der Waals surface area contributed by atoms with E-state index < -0.39 is 9.84 Å². The molecule has 0 unspecified atom stereocenters. The molecule has 0 aromatic carbocycles. The SMILES string of the molecule is C[C@H](c1ccco1)N(C)C(=O)NCC(C)(C)CCS(C)(=O)=O. The van der Waals surface area contributed by atoms with Crippen molar-refractivity contribution in [3.8, 4) is 0 Å². The van der Waals surface area contributed by atoms with Gasteiger partial charge < -0.3 is 14.6 Å². The molecule has 0 radical (unpaired) electrons. The fourth-order valence-corrected chi connectivity index (χ4v) is 2.81. The van der Waals surface area contributed by atoms with Gasteiger partial charge in [0.05, 0.1) is 18.1 Å². The summed E-state index contributed by atoms with van der Waals surface area (Å²) in [6, 6.07) is 3.22. The van der Waals surface area contributed by atoms with Crippen LogP contribution in [-0.2, 0) is 9.84 Å². The standard InChI is InChI=1S/C15H26N2O4S/c1-12(13-7-6-9-21-13)17(4)14(18)16-11-15(2,3)8-10-22(5,19)20/h6-7,9,12H,8,10-11H2,1-5H3,(H,16,18)/t12-/m1/s1. The summed E-state index contributed by atoms with van der Waals surface area (Å²) in [5.41, 5.74) is -0.284. The maximum Gasteiger partial charge on any atom is 0.317 e. The zero-order valence-corrected chi connectivity index (χ0v) is 14.7. The zero-order chi connectivity index (χ0) is 17.0. The number of furan rings is 1. The van der Waals surface area contributed by atoms with Gasteiger partial charge in [0.2, 0.25) is 0 Å². The van der Waals surface area contributed by atoms with E-state index in [1.54, 1.807) is 24.3 Å². The third-order valence-corrected chi connectivity index (χ3v) is 4.67. The molecule has 0 fully saturated rings. The van der Waals surface area contributed by atoms with Gasteiger partial charge in [0.1, 0.15) is 15.6 Å². The number of carbonyl (C=O) groups is 1. The average molecular weight is 330 g/mol. The molecule has 1 N–H and O–H groups in total. The van der Waals surface area contributed by atoms with Crippen LogP contribution in [-0.4, -0.2) is 44.9 Å². The highest BCUT2D eigenvalue weighted by Gasteiger charge is 2.24. The van der Waals surface area contributed by atoms with Crippen molar-refractivity contribution >= 4 is 15.9 Å². The van der Waals surface area contributed by atoms with Gasteiger partial charge in [0.15, 0.2) is 0 Å². The lowest BCUT2D eigenvalue weighted by Gasteiger charge is -2.28. The van der Waals surface area contributed by atoms with Gasteiger partial charge in [0, 0.05) is 19.8 Å². The molecule has 0 saturated carbocycles. The number of hydrogen-bond donors (Lipinski definition) is 1. The Morgan fingerprint density at radius 1 is 1.45 bits per heavy atom. The summed E-state index contributed by atoms with van der Waals surface area (Å²) in [5, 5.41) is 2.85. The number of hydrogen-bond acceptors (Lipinski definition) is 4. The molecule has 1 atom stereocenters. The molecule has 0 aliphatic heterocycles. The maximum atomic E-state index is 12.2. The number of urea groups is 1. The van der Waals surface area contributed by atoms with Crippen LogP contribution in [0.5, 0.6) is 0 Å². The molecule has 1 heterocycles. The van der Waals surface area contributed by atoms with E-state index >= 15 is 0 Å². The van der Waals surface area contributed by atoms with E-state index in [-0.39, 0.29) is 23.2 Å². The number of carbonyl (C=O) groups excluding carboxylic acids is 1. The molecule has 0 bridgehead atoms. The highest BCUT2D eigenvalue weighted by Crippen LogP contribution is 2.21. The summed E-state index contributed by atoms with van der Waals surface area (Å²) in [7, 11) is -1.29. The topological polar surface area (TPSA) is 79.6 Å². The van der Waals surface area contributed by atoms with Crippen molar-refractivity contribution in [1.29, 1.82) is 0 Å². The molecule has 0 spiro atoms. The normalized spacial score (nSPS) is 13.7. The van der Waals surface area contributed by atoms with Crippen LogP contribution in [0.1, 0.15) is 39.0 Å². The Labute approximate surface area is 132 Å². The van der Waals surface area contributed by atoms with Crippen molar-refractivity contribution in [2.75, 3.05) is 25.6 Å². The molecule has 2 amide bonds. The quantitative estimate of drug-likeness (QED) is 0.833. The van der Waals surface area contributed by atoms with Gasteiger partial charge in [-0.1, -0.05) is 13.8 Å². The lowest BCUT2D eigenvalue weighted by molar-refractivity contribution is 0.181. The molecule has 6 nitrogen and oxygen atoms in total. The van der Waals surface area contributed by atoms with Crippen LogP contribution < -0.4 is 5.32 Å². The first-order valence-corrected chi connectivity index (χ1v) is 9.30. The van der Waals surface area contributed by atoms with Crippen molar-refractivity contribution in [1.82, 2.24) is 10.2 Å². The summed E-state index contributed by atoms with van der Waals surface area (Å²) in [6.45, 7) is 6.17. The molecule has 126 valence electrons. The summed E-state index contributed by atoms with van der Waals surface area (Å²) in [6.07, 6.45) is 3.30. The van der Waals surface area contributed by atoms with E-state index in [2.05, 4.69) is 5.32 Å². The van der Waals surface area contributed by atoms with Crippen LogP contribution in [0.15, 0.2) is 22.8 Å². The van der Waals surface area contributed by atoms with Crippen LogP contribution in [0.4, 0.5) is 4.79 Å². The first-order valence-electron chi connectivity index (χ1n) is 7.24. The van der Waals surface area contributed by atoms with Crippen molar-refractivity contribution in [2.45, 2.75) is 33.2 Å². The second-order valence-corrected chi connectivity index (χ2v) is 8.76. The molecule has 1 aromatic heterocycles. The average Bonchev–Trinajstić information content (AvgIpc) is 2.94. The summed E-state index contributed by atoms with van der Waals surface area (Å²) in [4.78, 5) is 13.7. The number of nitrogens with one attached hydrogen (secondary N) is 1. The van der Waals surface area contributed by atoms with Crippen LogP contribution in [0.3, 0.4) is 0 Å². The summed E-state index contributed by atoms with van der Waals surface area (Å²) in [5.74, 6) is 0.836. The minimum atomic E-state index is -2.99. The highest BCUT2D eigenvalue weighted by atomic mass is 32.2. The Balaban J connectivity index is 2.50. The fraction of sp³-hybridized carbons (Fsp3) is 0.667. The first-order chi connectivity index (χ1) is 10.0. The van der Waals surface area contributed by atoms with Gasteiger partial charge in [-0.2, -0.15) is 0 Å². The Kier molecular flexibility index (Phi) is 6.05. The van der Waals surface area contributed by atoms with Gasteiger partial charge in [0.25, 0.3) is 0 Å². The molecular formula is C15H26N2O4S. The number of amides is 2. The number of sulfone groups is 1. The monoisotopic (exact) mass is 330 g/mol. The predicted octanol–water partition coefficient (Wildman–Crippen LogP) is 2.44. The van der Waals surface area contributed by atoms with E-state index in [0.29, 0.717) is 18.7 Å². The van der Waals surface area contributed by atoms with Crippen LogP contribution in [0.2, 0.25) is 0 Å². The third kappa shape index (κ3) is 6.09. The summed E-state index contributed by atoms with van der Waals surface area (Å²) < 4.78 is 27.8.